The fraction of sp³-hybridized carbons (Fsp3) is 0.462. The monoisotopic (exact) mass is 236 g/mol. The summed E-state index contributed by atoms with van der Waals surface area (Å²) in [6.07, 6.45) is 0.341. The molecule has 0 spiro atoms. The zero-order valence-corrected chi connectivity index (χ0v) is 10.6. The van der Waals surface area contributed by atoms with Gasteiger partial charge in [-0.1, -0.05) is 18.2 Å². The Kier molecular flexibility index (Phi) is 4.97. The van der Waals surface area contributed by atoms with E-state index in [0.717, 1.165) is 11.3 Å². The number of carbonyl (C=O) groups excluding carboxylic acids is 1. The van der Waals surface area contributed by atoms with Gasteiger partial charge < -0.3 is 15.8 Å². The molecular weight excluding hydrogens is 216 g/mol. The number of nitrogens with two attached hydrogens (primary N) is 1. The Hall–Kier alpha value is -1.55. The third-order valence-electron chi connectivity index (χ3n) is 2.84. The smallest absolute Gasteiger partial charge is 0.221 e. The summed E-state index contributed by atoms with van der Waals surface area (Å²) in [4.78, 5) is 11.0. The van der Waals surface area contributed by atoms with Crippen LogP contribution in [0, 0.1) is 0 Å². The molecule has 94 valence electrons. The highest BCUT2D eigenvalue weighted by atomic mass is 16.5. The summed E-state index contributed by atoms with van der Waals surface area (Å²) in [6.45, 7) is 4.03. The van der Waals surface area contributed by atoms with E-state index in [-0.39, 0.29) is 24.5 Å². The van der Waals surface area contributed by atoms with Gasteiger partial charge in [0.15, 0.2) is 0 Å². The summed E-state index contributed by atoms with van der Waals surface area (Å²) >= 11 is 0. The molecule has 17 heavy (non-hydrogen) atoms. The van der Waals surface area contributed by atoms with Crippen LogP contribution in [0.3, 0.4) is 0 Å². The lowest BCUT2D eigenvalue weighted by molar-refractivity contribution is -0.117. The Labute approximate surface area is 102 Å². The maximum Gasteiger partial charge on any atom is 0.221 e. The van der Waals surface area contributed by atoms with E-state index in [1.54, 1.807) is 7.11 Å². The maximum absolute atomic E-state index is 11.0. The first kappa shape index (κ1) is 13.5. The molecule has 0 saturated carbocycles. The van der Waals surface area contributed by atoms with Crippen molar-refractivity contribution in [1.29, 1.82) is 0 Å². The van der Waals surface area contributed by atoms with Crippen LogP contribution in [0.1, 0.15) is 19.4 Å². The molecule has 0 heterocycles. The predicted molar refractivity (Wildman–Crippen MR) is 68.9 cm³/mol. The second-order valence-corrected chi connectivity index (χ2v) is 4.17. The van der Waals surface area contributed by atoms with Crippen molar-refractivity contribution in [3.63, 3.8) is 0 Å². The Bertz CT molecular complexity index is 379. The van der Waals surface area contributed by atoms with E-state index in [1.807, 2.05) is 38.1 Å². The van der Waals surface area contributed by atoms with Gasteiger partial charge in [-0.2, -0.15) is 0 Å². The Morgan fingerprint density at radius 2 is 2.06 bits per heavy atom. The average Bonchev–Trinajstić information content (AvgIpc) is 2.29. The quantitative estimate of drug-likeness (QED) is 0.787. The molecule has 0 bridgehead atoms. The number of nitrogens with one attached hydrogen (secondary N) is 1. The lowest BCUT2D eigenvalue weighted by Gasteiger charge is -2.22. The van der Waals surface area contributed by atoms with Gasteiger partial charge in [0, 0.05) is 18.8 Å². The number of methoxy groups -OCH3 is 1. The van der Waals surface area contributed by atoms with Gasteiger partial charge in [0.1, 0.15) is 0 Å². The van der Waals surface area contributed by atoms with Gasteiger partial charge in [-0.3, -0.25) is 4.79 Å². The average molecular weight is 236 g/mol. The summed E-state index contributed by atoms with van der Waals surface area (Å²) in [7, 11) is 1.68. The number of para-hydroxylation sites is 1. The van der Waals surface area contributed by atoms with Crippen LogP contribution in [0.15, 0.2) is 24.3 Å². The van der Waals surface area contributed by atoms with Crippen molar-refractivity contribution in [3.05, 3.63) is 29.8 Å². The highest BCUT2D eigenvalue weighted by Gasteiger charge is 2.13. The van der Waals surface area contributed by atoms with Crippen LogP contribution in [-0.2, 0) is 16.0 Å². The van der Waals surface area contributed by atoms with E-state index < -0.39 is 0 Å². The van der Waals surface area contributed by atoms with Crippen LogP contribution < -0.4 is 11.1 Å². The SMILES string of the molecule is COC(C)C(C)Nc1ccccc1CC(N)=O. The maximum atomic E-state index is 11.0. The normalized spacial score (nSPS) is 14.1. The van der Waals surface area contributed by atoms with Crippen molar-refractivity contribution in [2.75, 3.05) is 12.4 Å². The number of primary amides is 1. The number of hydrogen-bond donors (Lipinski definition) is 2. The number of rotatable bonds is 6. The third kappa shape index (κ3) is 4.07. The minimum Gasteiger partial charge on any atom is -0.380 e. The molecule has 0 aliphatic heterocycles. The molecule has 0 aromatic heterocycles. The summed E-state index contributed by atoms with van der Waals surface area (Å²) in [5, 5.41) is 3.33. The zero-order valence-electron chi connectivity index (χ0n) is 10.6. The Balaban J connectivity index is 2.79. The van der Waals surface area contributed by atoms with Gasteiger partial charge in [0.2, 0.25) is 5.91 Å². The van der Waals surface area contributed by atoms with E-state index in [4.69, 9.17) is 10.5 Å². The number of carbonyl (C=O) groups is 1. The molecule has 0 radical (unpaired) electrons. The number of benzene rings is 1. The molecule has 0 fully saturated rings. The van der Waals surface area contributed by atoms with E-state index >= 15 is 0 Å². The Morgan fingerprint density at radius 1 is 1.41 bits per heavy atom. The molecule has 1 rings (SSSR count). The van der Waals surface area contributed by atoms with Crippen LogP contribution >= 0.6 is 0 Å². The lowest BCUT2D eigenvalue weighted by atomic mass is 10.1. The second kappa shape index (κ2) is 6.25. The van der Waals surface area contributed by atoms with Crippen molar-refractivity contribution >= 4 is 11.6 Å². The summed E-state index contributed by atoms with van der Waals surface area (Å²) < 4.78 is 5.25. The molecule has 0 aliphatic rings. The molecule has 0 aliphatic carbocycles. The van der Waals surface area contributed by atoms with Gasteiger partial charge in [0.05, 0.1) is 12.5 Å². The van der Waals surface area contributed by atoms with Crippen LogP contribution in [-0.4, -0.2) is 25.2 Å². The number of amides is 1. The van der Waals surface area contributed by atoms with Gasteiger partial charge in [-0.25, -0.2) is 0 Å². The van der Waals surface area contributed by atoms with E-state index in [9.17, 15) is 4.79 Å². The van der Waals surface area contributed by atoms with Crippen molar-refractivity contribution in [2.45, 2.75) is 32.4 Å². The molecule has 2 atom stereocenters. The fourth-order valence-corrected chi connectivity index (χ4v) is 1.57. The molecule has 4 heteroatoms. The number of anilines is 1. The van der Waals surface area contributed by atoms with Crippen LogP contribution in [0.4, 0.5) is 5.69 Å². The van der Waals surface area contributed by atoms with Gasteiger partial charge in [-0.15, -0.1) is 0 Å². The van der Waals surface area contributed by atoms with Crippen LogP contribution in [0.2, 0.25) is 0 Å². The first-order chi connectivity index (χ1) is 8.04. The minimum atomic E-state index is -0.327. The zero-order chi connectivity index (χ0) is 12.8. The van der Waals surface area contributed by atoms with Crippen molar-refractivity contribution in [2.24, 2.45) is 5.73 Å². The summed E-state index contributed by atoms with van der Waals surface area (Å²) in [5.74, 6) is -0.327. The molecule has 2 unspecified atom stereocenters. The molecule has 1 aromatic rings. The molecule has 4 nitrogen and oxygen atoms in total. The molecule has 1 aromatic carbocycles. The van der Waals surface area contributed by atoms with E-state index in [1.165, 1.54) is 0 Å². The predicted octanol–water partition coefficient (Wildman–Crippen LogP) is 1.55. The van der Waals surface area contributed by atoms with Crippen molar-refractivity contribution in [1.82, 2.24) is 0 Å². The molecule has 3 N–H and O–H groups in total. The van der Waals surface area contributed by atoms with Crippen LogP contribution in [0.5, 0.6) is 0 Å². The van der Waals surface area contributed by atoms with E-state index in [2.05, 4.69) is 5.32 Å². The summed E-state index contributed by atoms with van der Waals surface area (Å²) in [6, 6.07) is 7.83. The topological polar surface area (TPSA) is 64.3 Å². The highest BCUT2D eigenvalue weighted by Crippen LogP contribution is 2.17. The molecule has 1 amide bonds. The number of hydrogen-bond acceptors (Lipinski definition) is 3. The molecular formula is C13H20N2O2. The first-order valence-electron chi connectivity index (χ1n) is 5.70. The number of ether oxygens (including phenoxy) is 1. The largest absolute Gasteiger partial charge is 0.380 e. The second-order valence-electron chi connectivity index (χ2n) is 4.17. The minimum absolute atomic E-state index is 0.0941. The van der Waals surface area contributed by atoms with Crippen molar-refractivity contribution in [3.8, 4) is 0 Å². The van der Waals surface area contributed by atoms with Gasteiger partial charge in [-0.05, 0) is 25.5 Å². The van der Waals surface area contributed by atoms with Gasteiger partial charge >= 0.3 is 0 Å². The van der Waals surface area contributed by atoms with Gasteiger partial charge in [0.25, 0.3) is 0 Å². The lowest BCUT2D eigenvalue weighted by Crippen LogP contribution is -2.30. The van der Waals surface area contributed by atoms with E-state index in [0.29, 0.717) is 0 Å². The van der Waals surface area contributed by atoms with Crippen molar-refractivity contribution < 1.29 is 9.53 Å². The third-order valence-corrected chi connectivity index (χ3v) is 2.84. The fourth-order valence-electron chi connectivity index (χ4n) is 1.57. The van der Waals surface area contributed by atoms with Crippen LogP contribution in [0.25, 0.3) is 0 Å². The standard InChI is InChI=1S/C13H20N2O2/c1-9(10(2)17-3)15-12-7-5-4-6-11(12)8-13(14)16/h4-7,9-10,15H,8H2,1-3H3,(H2,14,16). The summed E-state index contributed by atoms with van der Waals surface area (Å²) in [5.41, 5.74) is 7.06. The first-order valence-corrected chi connectivity index (χ1v) is 5.70. The molecule has 0 saturated heterocycles. The Morgan fingerprint density at radius 3 is 2.65 bits per heavy atom. The highest BCUT2D eigenvalue weighted by molar-refractivity contribution is 5.78.